The Morgan fingerprint density at radius 3 is 2.20 bits per heavy atom. The molecular weight excluding hydrogens is 132 g/mol. The van der Waals surface area contributed by atoms with Crippen LogP contribution >= 0.6 is 0 Å². The second kappa shape index (κ2) is 3.17. The Morgan fingerprint density at radius 2 is 2.10 bits per heavy atom. The van der Waals surface area contributed by atoms with Crippen LogP contribution in [0.4, 0.5) is 0 Å². The number of carboxylic acid groups (broad SMARTS) is 1. The van der Waals surface area contributed by atoms with Crippen molar-refractivity contribution in [3.63, 3.8) is 0 Å². The molecule has 0 bridgehead atoms. The van der Waals surface area contributed by atoms with E-state index in [2.05, 4.69) is 13.2 Å². The molecule has 0 aliphatic carbocycles. The lowest BCUT2D eigenvalue weighted by atomic mass is 10.0. The second-order valence-electron chi connectivity index (χ2n) is 1.93. The molecule has 56 valence electrons. The SMILES string of the molecule is C=CCC(O)(C=C)C(=O)O. The van der Waals surface area contributed by atoms with Crippen molar-refractivity contribution in [2.24, 2.45) is 0 Å². The summed E-state index contributed by atoms with van der Waals surface area (Å²) in [4.78, 5) is 10.3. The van der Waals surface area contributed by atoms with Gasteiger partial charge in [0.2, 0.25) is 0 Å². The van der Waals surface area contributed by atoms with Gasteiger partial charge in [0.25, 0.3) is 0 Å². The summed E-state index contributed by atoms with van der Waals surface area (Å²) >= 11 is 0. The van der Waals surface area contributed by atoms with Gasteiger partial charge in [-0.05, 0) is 6.08 Å². The lowest BCUT2D eigenvalue weighted by Crippen LogP contribution is -2.35. The van der Waals surface area contributed by atoms with Crippen LogP contribution in [0.3, 0.4) is 0 Å². The van der Waals surface area contributed by atoms with Crippen molar-refractivity contribution in [2.75, 3.05) is 0 Å². The van der Waals surface area contributed by atoms with Crippen LogP contribution in [0.2, 0.25) is 0 Å². The molecule has 0 heterocycles. The molecule has 0 saturated carbocycles. The first-order valence-corrected chi connectivity index (χ1v) is 2.77. The van der Waals surface area contributed by atoms with E-state index in [1.165, 1.54) is 6.08 Å². The van der Waals surface area contributed by atoms with Crippen molar-refractivity contribution < 1.29 is 15.0 Å². The summed E-state index contributed by atoms with van der Waals surface area (Å²) in [5, 5.41) is 17.5. The zero-order chi connectivity index (χ0) is 8.20. The number of carboxylic acids is 1. The van der Waals surface area contributed by atoms with Crippen molar-refractivity contribution >= 4 is 5.97 Å². The molecule has 0 radical (unpaired) electrons. The molecule has 1 unspecified atom stereocenters. The van der Waals surface area contributed by atoms with E-state index < -0.39 is 11.6 Å². The lowest BCUT2D eigenvalue weighted by molar-refractivity contribution is -0.153. The van der Waals surface area contributed by atoms with Gasteiger partial charge in [-0.2, -0.15) is 0 Å². The molecule has 0 aliphatic heterocycles. The molecule has 1 atom stereocenters. The summed E-state index contributed by atoms with van der Waals surface area (Å²) in [6.07, 6.45) is 2.29. The van der Waals surface area contributed by atoms with Gasteiger partial charge in [0.15, 0.2) is 5.60 Å². The number of hydrogen-bond donors (Lipinski definition) is 2. The Morgan fingerprint density at radius 1 is 1.60 bits per heavy atom. The van der Waals surface area contributed by atoms with Crippen LogP contribution < -0.4 is 0 Å². The molecule has 0 fully saturated rings. The van der Waals surface area contributed by atoms with Crippen molar-refractivity contribution in [3.05, 3.63) is 25.3 Å². The molecule has 0 aromatic carbocycles. The molecule has 0 rings (SSSR count). The molecule has 2 N–H and O–H groups in total. The third-order valence-corrected chi connectivity index (χ3v) is 1.16. The number of hydrogen-bond acceptors (Lipinski definition) is 2. The fraction of sp³-hybridized carbons (Fsp3) is 0.286. The summed E-state index contributed by atoms with van der Waals surface area (Å²) in [7, 11) is 0. The van der Waals surface area contributed by atoms with Crippen LogP contribution in [-0.2, 0) is 4.79 Å². The third kappa shape index (κ3) is 1.70. The largest absolute Gasteiger partial charge is 0.479 e. The van der Waals surface area contributed by atoms with Gasteiger partial charge in [-0.3, -0.25) is 0 Å². The zero-order valence-electron chi connectivity index (χ0n) is 5.58. The topological polar surface area (TPSA) is 57.5 Å². The van der Waals surface area contributed by atoms with E-state index in [1.54, 1.807) is 0 Å². The first-order chi connectivity index (χ1) is 4.56. The number of aliphatic carboxylic acids is 1. The molecule has 0 aliphatic rings. The maximum absolute atomic E-state index is 10.3. The van der Waals surface area contributed by atoms with Gasteiger partial charge in [-0.15, -0.1) is 6.58 Å². The minimum Gasteiger partial charge on any atom is -0.479 e. The summed E-state index contributed by atoms with van der Waals surface area (Å²) in [5.41, 5.74) is -1.85. The van der Waals surface area contributed by atoms with E-state index in [9.17, 15) is 4.79 Å². The fourth-order valence-corrected chi connectivity index (χ4v) is 0.478. The predicted molar refractivity (Wildman–Crippen MR) is 37.6 cm³/mol. The van der Waals surface area contributed by atoms with Gasteiger partial charge in [-0.25, -0.2) is 4.79 Å². The Balaban J connectivity index is 4.36. The van der Waals surface area contributed by atoms with Gasteiger partial charge >= 0.3 is 5.97 Å². The second-order valence-corrected chi connectivity index (χ2v) is 1.93. The highest BCUT2D eigenvalue weighted by Crippen LogP contribution is 2.11. The number of aliphatic hydroxyl groups is 1. The van der Waals surface area contributed by atoms with E-state index in [0.717, 1.165) is 6.08 Å². The van der Waals surface area contributed by atoms with Gasteiger partial charge in [0.1, 0.15) is 0 Å². The molecule has 3 nitrogen and oxygen atoms in total. The Hall–Kier alpha value is -1.09. The smallest absolute Gasteiger partial charge is 0.340 e. The fourth-order valence-electron chi connectivity index (χ4n) is 0.478. The van der Waals surface area contributed by atoms with E-state index in [1.807, 2.05) is 0 Å². The average Bonchev–Trinajstić information content (AvgIpc) is 1.88. The average molecular weight is 142 g/mol. The maximum atomic E-state index is 10.3. The zero-order valence-corrected chi connectivity index (χ0v) is 5.58. The first kappa shape index (κ1) is 8.91. The van der Waals surface area contributed by atoms with Crippen molar-refractivity contribution in [2.45, 2.75) is 12.0 Å². The highest BCUT2D eigenvalue weighted by molar-refractivity contribution is 5.79. The summed E-state index contributed by atoms with van der Waals surface area (Å²) in [6.45, 7) is 6.50. The number of rotatable bonds is 4. The van der Waals surface area contributed by atoms with Gasteiger partial charge in [0, 0.05) is 6.42 Å². The van der Waals surface area contributed by atoms with E-state index >= 15 is 0 Å². The molecule has 0 amide bonds. The maximum Gasteiger partial charge on any atom is 0.340 e. The molecule has 3 heteroatoms. The van der Waals surface area contributed by atoms with Crippen molar-refractivity contribution in [3.8, 4) is 0 Å². The van der Waals surface area contributed by atoms with Gasteiger partial charge < -0.3 is 10.2 Å². The van der Waals surface area contributed by atoms with Crippen LogP contribution in [-0.4, -0.2) is 21.8 Å². The third-order valence-electron chi connectivity index (χ3n) is 1.16. The first-order valence-electron chi connectivity index (χ1n) is 2.77. The predicted octanol–water partition coefficient (Wildman–Crippen LogP) is 0.564. The van der Waals surface area contributed by atoms with Crippen molar-refractivity contribution in [1.82, 2.24) is 0 Å². The van der Waals surface area contributed by atoms with Crippen molar-refractivity contribution in [1.29, 1.82) is 0 Å². The van der Waals surface area contributed by atoms with E-state index in [-0.39, 0.29) is 6.42 Å². The molecule has 0 spiro atoms. The van der Waals surface area contributed by atoms with Crippen LogP contribution in [0, 0.1) is 0 Å². The quantitative estimate of drug-likeness (QED) is 0.564. The van der Waals surface area contributed by atoms with Crippen LogP contribution in [0.1, 0.15) is 6.42 Å². The van der Waals surface area contributed by atoms with Gasteiger partial charge in [0.05, 0.1) is 0 Å². The normalized spacial score (nSPS) is 15.3. The van der Waals surface area contributed by atoms with Gasteiger partial charge in [-0.1, -0.05) is 12.7 Å². The molecule has 10 heavy (non-hydrogen) atoms. The molecular formula is C7H10O3. The summed E-state index contributed by atoms with van der Waals surface area (Å²) < 4.78 is 0. The Bertz CT molecular complexity index is 162. The highest BCUT2D eigenvalue weighted by atomic mass is 16.4. The molecule has 0 aromatic rings. The van der Waals surface area contributed by atoms with Crippen LogP contribution in [0.5, 0.6) is 0 Å². The highest BCUT2D eigenvalue weighted by Gasteiger charge is 2.30. The molecule has 0 aromatic heterocycles. The van der Waals surface area contributed by atoms with Crippen LogP contribution in [0.15, 0.2) is 25.3 Å². The van der Waals surface area contributed by atoms with Crippen LogP contribution in [0.25, 0.3) is 0 Å². The summed E-state index contributed by atoms with van der Waals surface area (Å²) in [5.74, 6) is -1.30. The standard InChI is InChI=1S/C7H10O3/c1-3-5-7(10,4-2)6(8)9/h3-4,10H,1-2,5H2,(H,8,9). The summed E-state index contributed by atoms with van der Waals surface area (Å²) in [6, 6.07) is 0. The molecule has 0 saturated heterocycles. The van der Waals surface area contributed by atoms with E-state index in [0.29, 0.717) is 0 Å². The minimum atomic E-state index is -1.85. The lowest BCUT2D eigenvalue weighted by Gasteiger charge is -2.15. The minimum absolute atomic E-state index is 0.0220. The van der Waals surface area contributed by atoms with E-state index in [4.69, 9.17) is 10.2 Å². The number of carbonyl (C=O) groups is 1. The monoisotopic (exact) mass is 142 g/mol. The Labute approximate surface area is 59.3 Å². The Kier molecular flexibility index (Phi) is 2.83.